The first-order chi connectivity index (χ1) is 18.3. The van der Waals surface area contributed by atoms with Crippen molar-refractivity contribution >= 4 is 35.0 Å². The zero-order chi connectivity index (χ0) is 26.6. The number of nitrogens with zero attached hydrogens (tertiary/aromatic N) is 1. The van der Waals surface area contributed by atoms with E-state index in [1.54, 1.807) is 6.07 Å². The number of rotatable bonds is 5. The van der Waals surface area contributed by atoms with E-state index in [1.807, 2.05) is 36.1 Å². The minimum atomic E-state index is -1.11. The number of anilines is 1. The van der Waals surface area contributed by atoms with Crippen LogP contribution in [0.5, 0.6) is 0 Å². The van der Waals surface area contributed by atoms with Crippen LogP contribution in [-0.2, 0) is 19.1 Å². The molecule has 2 saturated heterocycles. The second-order valence-electron chi connectivity index (χ2n) is 12.2. The molecule has 2 bridgehead atoms. The molecule has 3 heterocycles. The SMILES string of the molecule is Cc1ccc(NC(=O)C2C3C=CC4(O3)C2C(=O)N(C2CCC(C)CC2)C4C(=O)NC2CCCCC2)cc1Cl. The number of amides is 3. The van der Waals surface area contributed by atoms with Gasteiger partial charge in [0.25, 0.3) is 0 Å². The summed E-state index contributed by atoms with van der Waals surface area (Å²) >= 11 is 6.29. The van der Waals surface area contributed by atoms with Gasteiger partial charge in [-0.1, -0.05) is 56.0 Å². The van der Waals surface area contributed by atoms with Gasteiger partial charge in [-0.2, -0.15) is 0 Å². The number of halogens is 1. The summed E-state index contributed by atoms with van der Waals surface area (Å²) in [6.45, 7) is 4.15. The molecule has 7 nitrogen and oxygen atoms in total. The molecule has 6 rings (SSSR count). The third-order valence-corrected chi connectivity index (χ3v) is 10.0. The highest BCUT2D eigenvalue weighted by atomic mass is 35.5. The van der Waals surface area contributed by atoms with E-state index in [-0.39, 0.29) is 29.8 Å². The van der Waals surface area contributed by atoms with Gasteiger partial charge in [0.15, 0.2) is 0 Å². The van der Waals surface area contributed by atoms with Crippen LogP contribution in [0.15, 0.2) is 30.4 Å². The van der Waals surface area contributed by atoms with Gasteiger partial charge >= 0.3 is 0 Å². The summed E-state index contributed by atoms with van der Waals surface area (Å²) in [5, 5.41) is 6.82. The highest BCUT2D eigenvalue weighted by Gasteiger charge is 2.73. The van der Waals surface area contributed by atoms with Crippen molar-refractivity contribution in [2.45, 2.75) is 101 Å². The molecular formula is C30H38ClN3O4. The standard InChI is InChI=1S/C30H38ClN3O4/c1-17-8-12-21(13-9-17)34-26(28(36)32-19-6-4-3-5-7-19)30-15-14-23(38-30)24(25(30)29(34)37)27(35)33-20-11-10-18(2)22(31)16-20/h10-11,14-17,19,21,23-26H,3-9,12-13H2,1-2H3,(H,32,36)(H,33,35). The van der Waals surface area contributed by atoms with Gasteiger partial charge in [0.1, 0.15) is 11.6 Å². The monoisotopic (exact) mass is 539 g/mol. The third kappa shape index (κ3) is 4.26. The maximum absolute atomic E-state index is 14.3. The molecule has 3 aliphatic heterocycles. The Hall–Kier alpha value is -2.38. The van der Waals surface area contributed by atoms with Crippen molar-refractivity contribution in [1.29, 1.82) is 0 Å². The Morgan fingerprint density at radius 1 is 1.05 bits per heavy atom. The van der Waals surface area contributed by atoms with Gasteiger partial charge in [-0.15, -0.1) is 0 Å². The van der Waals surface area contributed by atoms with E-state index in [0.717, 1.165) is 56.9 Å². The van der Waals surface area contributed by atoms with Crippen LogP contribution < -0.4 is 10.6 Å². The predicted octanol–water partition coefficient (Wildman–Crippen LogP) is 4.77. The molecule has 1 aromatic rings. The van der Waals surface area contributed by atoms with E-state index in [1.165, 1.54) is 6.42 Å². The Bertz CT molecular complexity index is 1160. The van der Waals surface area contributed by atoms with E-state index in [9.17, 15) is 14.4 Å². The van der Waals surface area contributed by atoms with E-state index < -0.39 is 29.6 Å². The molecule has 1 spiro atoms. The van der Waals surface area contributed by atoms with Crippen LogP contribution in [0.2, 0.25) is 5.02 Å². The summed E-state index contributed by atoms with van der Waals surface area (Å²) in [7, 11) is 0. The molecule has 1 aromatic carbocycles. The lowest BCUT2D eigenvalue weighted by Gasteiger charge is -2.40. The molecule has 2 aliphatic carbocycles. The Morgan fingerprint density at radius 2 is 1.79 bits per heavy atom. The fourth-order valence-electron chi connectivity index (χ4n) is 7.54. The first kappa shape index (κ1) is 25.9. The van der Waals surface area contributed by atoms with Crippen molar-refractivity contribution < 1.29 is 19.1 Å². The van der Waals surface area contributed by atoms with Crippen LogP contribution in [0, 0.1) is 24.7 Å². The largest absolute Gasteiger partial charge is 0.359 e. The summed E-state index contributed by atoms with van der Waals surface area (Å²) in [5.74, 6) is -1.34. The van der Waals surface area contributed by atoms with Crippen molar-refractivity contribution in [1.82, 2.24) is 10.2 Å². The quantitative estimate of drug-likeness (QED) is 0.528. The number of ether oxygens (including phenoxy) is 1. The van der Waals surface area contributed by atoms with Crippen molar-refractivity contribution in [3.63, 3.8) is 0 Å². The number of hydrogen-bond acceptors (Lipinski definition) is 4. The van der Waals surface area contributed by atoms with Gasteiger partial charge in [-0.25, -0.2) is 0 Å². The number of aryl methyl sites for hydroxylation is 1. The lowest BCUT2D eigenvalue weighted by atomic mass is 9.74. The van der Waals surface area contributed by atoms with Gasteiger partial charge in [0.05, 0.1) is 17.9 Å². The van der Waals surface area contributed by atoms with Gasteiger partial charge in [0.2, 0.25) is 17.7 Å². The molecule has 38 heavy (non-hydrogen) atoms. The van der Waals surface area contributed by atoms with Gasteiger partial charge in [-0.3, -0.25) is 14.4 Å². The molecule has 204 valence electrons. The van der Waals surface area contributed by atoms with Crippen molar-refractivity contribution in [2.24, 2.45) is 17.8 Å². The molecule has 3 amide bonds. The second kappa shape index (κ2) is 9.98. The molecular weight excluding hydrogens is 502 g/mol. The van der Waals surface area contributed by atoms with Crippen molar-refractivity contribution in [3.8, 4) is 0 Å². The molecule has 0 radical (unpaired) electrons. The lowest BCUT2D eigenvalue weighted by Crippen LogP contribution is -2.58. The van der Waals surface area contributed by atoms with Gasteiger partial charge in [0, 0.05) is 22.8 Å². The highest BCUT2D eigenvalue weighted by Crippen LogP contribution is 2.56. The van der Waals surface area contributed by atoms with Crippen LogP contribution in [0.25, 0.3) is 0 Å². The number of hydrogen-bond donors (Lipinski definition) is 2. The Morgan fingerprint density at radius 3 is 2.50 bits per heavy atom. The maximum Gasteiger partial charge on any atom is 0.246 e. The summed E-state index contributed by atoms with van der Waals surface area (Å²) in [6, 6.07) is 4.74. The van der Waals surface area contributed by atoms with Crippen molar-refractivity contribution in [3.05, 3.63) is 40.9 Å². The summed E-state index contributed by atoms with van der Waals surface area (Å²) in [6.07, 6.45) is 12.4. The summed E-state index contributed by atoms with van der Waals surface area (Å²) in [5.41, 5.74) is 0.392. The van der Waals surface area contributed by atoms with Gasteiger partial charge < -0.3 is 20.3 Å². The topological polar surface area (TPSA) is 87.7 Å². The molecule has 5 unspecified atom stereocenters. The van der Waals surface area contributed by atoms with E-state index in [0.29, 0.717) is 16.6 Å². The van der Waals surface area contributed by atoms with Crippen LogP contribution in [-0.4, -0.2) is 52.5 Å². The van der Waals surface area contributed by atoms with E-state index >= 15 is 0 Å². The fraction of sp³-hybridized carbons (Fsp3) is 0.633. The van der Waals surface area contributed by atoms with Gasteiger partial charge in [-0.05, 0) is 69.1 Å². The number of carbonyl (C=O) groups is 3. The molecule has 0 aromatic heterocycles. The third-order valence-electron chi connectivity index (χ3n) is 9.63. The maximum atomic E-state index is 14.3. The lowest BCUT2D eigenvalue weighted by molar-refractivity contribution is -0.145. The number of fused-ring (bicyclic) bond motifs is 1. The Kier molecular flexibility index (Phi) is 6.79. The highest BCUT2D eigenvalue weighted by molar-refractivity contribution is 6.31. The predicted molar refractivity (Wildman–Crippen MR) is 146 cm³/mol. The number of benzene rings is 1. The number of nitrogens with one attached hydrogen (secondary N) is 2. The minimum Gasteiger partial charge on any atom is -0.359 e. The zero-order valence-corrected chi connectivity index (χ0v) is 23.0. The fourth-order valence-corrected chi connectivity index (χ4v) is 7.72. The summed E-state index contributed by atoms with van der Waals surface area (Å²) < 4.78 is 6.51. The molecule has 8 heteroatoms. The molecule has 5 aliphatic rings. The molecule has 2 saturated carbocycles. The van der Waals surface area contributed by atoms with Crippen LogP contribution in [0.1, 0.15) is 70.3 Å². The van der Waals surface area contributed by atoms with Crippen molar-refractivity contribution in [2.75, 3.05) is 5.32 Å². The number of carbonyl (C=O) groups excluding carboxylic acids is 3. The second-order valence-corrected chi connectivity index (χ2v) is 12.6. The molecule has 4 fully saturated rings. The zero-order valence-electron chi connectivity index (χ0n) is 22.3. The van der Waals surface area contributed by atoms with Crippen LogP contribution >= 0.6 is 11.6 Å². The summed E-state index contributed by atoms with van der Waals surface area (Å²) in [4.78, 5) is 43.7. The van der Waals surface area contributed by atoms with E-state index in [4.69, 9.17) is 16.3 Å². The number of likely N-dealkylation sites (tertiary alicyclic amines) is 1. The first-order valence-corrected chi connectivity index (χ1v) is 14.7. The first-order valence-electron chi connectivity index (χ1n) is 14.4. The molecule has 5 atom stereocenters. The Balaban J connectivity index is 1.31. The van der Waals surface area contributed by atoms with Crippen LogP contribution in [0.3, 0.4) is 0 Å². The van der Waals surface area contributed by atoms with E-state index in [2.05, 4.69) is 17.6 Å². The van der Waals surface area contributed by atoms with Crippen LogP contribution in [0.4, 0.5) is 5.69 Å². The average molecular weight is 540 g/mol. The minimum absolute atomic E-state index is 0.0172. The Labute approximate surface area is 229 Å². The smallest absolute Gasteiger partial charge is 0.246 e. The molecule has 2 N–H and O–H groups in total. The normalized spacial score (nSPS) is 36.4. The average Bonchev–Trinajstić information content (AvgIpc) is 3.55.